The van der Waals surface area contributed by atoms with E-state index in [1.165, 1.54) is 5.56 Å². The van der Waals surface area contributed by atoms with Crippen molar-refractivity contribution in [1.29, 1.82) is 0 Å². The molecule has 7 nitrogen and oxygen atoms in total. The summed E-state index contributed by atoms with van der Waals surface area (Å²) in [5.74, 6) is 3.47. The zero-order valence-corrected chi connectivity index (χ0v) is 24.6. The Bertz CT molecular complexity index is 1490. The van der Waals surface area contributed by atoms with Crippen LogP contribution in [0.5, 0.6) is 17.2 Å². The Kier molecular flexibility index (Phi) is 8.35. The molecule has 2 aliphatic rings. The van der Waals surface area contributed by atoms with E-state index >= 15 is 0 Å². The topological polar surface area (TPSA) is 52.0 Å². The summed E-state index contributed by atoms with van der Waals surface area (Å²) in [6, 6.07) is 23.1. The fraction of sp³-hybridized carbons (Fsp3) is 0.364. The number of unbranched alkanes of at least 4 members (excludes halogenated alkanes) is 1. The van der Waals surface area contributed by atoms with Crippen LogP contribution in [-0.4, -0.2) is 47.9 Å². The van der Waals surface area contributed by atoms with Crippen LogP contribution in [0.3, 0.4) is 0 Å². The van der Waals surface area contributed by atoms with Crippen LogP contribution in [0.15, 0.2) is 66.7 Å². The van der Waals surface area contributed by atoms with Crippen molar-refractivity contribution in [3.8, 4) is 28.6 Å². The highest BCUT2D eigenvalue weighted by atomic mass is 35.5. The van der Waals surface area contributed by atoms with Crippen molar-refractivity contribution in [2.45, 2.75) is 45.9 Å². The van der Waals surface area contributed by atoms with E-state index in [1.54, 1.807) is 0 Å². The fourth-order valence-corrected chi connectivity index (χ4v) is 5.79. The lowest BCUT2D eigenvalue weighted by Gasteiger charge is -2.29. The molecular formula is C33H37ClN4O3. The second-order valence-electron chi connectivity index (χ2n) is 10.7. The second kappa shape index (κ2) is 12.5. The molecule has 214 valence electrons. The van der Waals surface area contributed by atoms with Crippen molar-refractivity contribution in [3.63, 3.8) is 0 Å². The zero-order valence-electron chi connectivity index (χ0n) is 23.8. The number of hydrogen-bond donors (Lipinski definition) is 0. The standard InChI is InChI=1S/C33H37ClN4O3/c1-3-4-14-38-28(32(34)35-33(38)26-8-6-5-7-9-26)23-37(22-25-11-13-30-31(20-25)41-18-17-40-30)21-24-10-12-29-27(19-24)36(2)15-16-39-29/h5-13,19-20H,3-4,14-18,21-23H2,1-2H3. The minimum absolute atomic E-state index is 0.561. The Labute approximate surface area is 247 Å². The van der Waals surface area contributed by atoms with Gasteiger partial charge >= 0.3 is 0 Å². The van der Waals surface area contributed by atoms with Crippen LogP contribution in [0.2, 0.25) is 5.15 Å². The summed E-state index contributed by atoms with van der Waals surface area (Å²) in [4.78, 5) is 9.56. The summed E-state index contributed by atoms with van der Waals surface area (Å²) in [7, 11) is 2.12. The monoisotopic (exact) mass is 572 g/mol. The molecule has 41 heavy (non-hydrogen) atoms. The first-order valence-corrected chi connectivity index (χ1v) is 14.8. The maximum Gasteiger partial charge on any atom is 0.161 e. The van der Waals surface area contributed by atoms with Gasteiger partial charge in [0.05, 0.1) is 17.9 Å². The molecule has 8 heteroatoms. The van der Waals surface area contributed by atoms with Gasteiger partial charge in [-0.3, -0.25) is 4.90 Å². The van der Waals surface area contributed by atoms with E-state index in [9.17, 15) is 0 Å². The van der Waals surface area contributed by atoms with E-state index in [-0.39, 0.29) is 0 Å². The average molecular weight is 573 g/mol. The second-order valence-corrected chi connectivity index (χ2v) is 11.1. The van der Waals surface area contributed by atoms with Gasteiger partial charge in [-0.05, 0) is 41.8 Å². The number of halogens is 1. The normalized spacial score (nSPS) is 14.2. The highest BCUT2D eigenvalue weighted by Gasteiger charge is 2.22. The predicted molar refractivity (Wildman–Crippen MR) is 163 cm³/mol. The number of aromatic nitrogens is 2. The molecule has 0 saturated heterocycles. The molecule has 0 radical (unpaired) electrons. The van der Waals surface area contributed by atoms with E-state index in [0.717, 1.165) is 84.6 Å². The van der Waals surface area contributed by atoms with Crippen LogP contribution in [-0.2, 0) is 26.2 Å². The number of fused-ring (bicyclic) bond motifs is 2. The smallest absolute Gasteiger partial charge is 0.161 e. The molecule has 0 atom stereocenters. The van der Waals surface area contributed by atoms with Gasteiger partial charge < -0.3 is 23.7 Å². The number of nitrogens with zero attached hydrogens (tertiary/aromatic N) is 4. The van der Waals surface area contributed by atoms with Crippen molar-refractivity contribution in [3.05, 3.63) is 88.7 Å². The molecule has 6 rings (SSSR count). The Balaban J connectivity index is 1.34. The largest absolute Gasteiger partial charge is 0.490 e. The molecule has 4 aromatic rings. The number of rotatable bonds is 10. The molecule has 3 aromatic carbocycles. The number of imidazole rings is 1. The van der Waals surface area contributed by atoms with Crippen molar-refractivity contribution in [1.82, 2.24) is 14.5 Å². The van der Waals surface area contributed by atoms with E-state index in [0.29, 0.717) is 31.5 Å². The molecular weight excluding hydrogens is 536 g/mol. The van der Waals surface area contributed by atoms with Crippen LogP contribution in [0.1, 0.15) is 36.6 Å². The van der Waals surface area contributed by atoms with E-state index in [1.807, 2.05) is 24.3 Å². The van der Waals surface area contributed by atoms with E-state index in [4.69, 9.17) is 30.8 Å². The first-order chi connectivity index (χ1) is 20.1. The summed E-state index contributed by atoms with van der Waals surface area (Å²) in [6.07, 6.45) is 2.15. The summed E-state index contributed by atoms with van der Waals surface area (Å²) < 4.78 is 19.9. The van der Waals surface area contributed by atoms with Gasteiger partial charge in [-0.15, -0.1) is 0 Å². The minimum atomic E-state index is 0.561. The number of hydrogen-bond acceptors (Lipinski definition) is 6. The molecule has 0 spiro atoms. The molecule has 0 amide bonds. The Morgan fingerprint density at radius 3 is 2.32 bits per heavy atom. The van der Waals surface area contributed by atoms with Crippen molar-refractivity contribution >= 4 is 17.3 Å². The third-order valence-corrected chi connectivity index (χ3v) is 8.00. The van der Waals surface area contributed by atoms with Gasteiger partial charge in [-0.25, -0.2) is 4.98 Å². The highest BCUT2D eigenvalue weighted by Crippen LogP contribution is 2.34. The average Bonchev–Trinajstić information content (AvgIpc) is 3.31. The molecule has 0 aliphatic carbocycles. The van der Waals surface area contributed by atoms with Gasteiger partial charge in [0.15, 0.2) is 16.7 Å². The van der Waals surface area contributed by atoms with Crippen molar-refractivity contribution < 1.29 is 14.2 Å². The van der Waals surface area contributed by atoms with Gasteiger partial charge in [-0.1, -0.05) is 67.4 Å². The lowest BCUT2D eigenvalue weighted by Crippen LogP contribution is -2.29. The lowest BCUT2D eigenvalue weighted by atomic mass is 10.1. The van der Waals surface area contributed by atoms with Crippen LogP contribution in [0.4, 0.5) is 5.69 Å². The molecule has 0 unspecified atom stereocenters. The highest BCUT2D eigenvalue weighted by molar-refractivity contribution is 6.30. The number of anilines is 1. The first-order valence-electron chi connectivity index (χ1n) is 14.5. The fourth-order valence-electron chi connectivity index (χ4n) is 5.55. The van der Waals surface area contributed by atoms with Gasteiger partial charge in [-0.2, -0.15) is 0 Å². The number of likely N-dealkylation sites (N-methyl/N-ethyl adjacent to an activating group) is 1. The van der Waals surface area contributed by atoms with Crippen LogP contribution in [0.25, 0.3) is 11.4 Å². The molecule has 3 heterocycles. The van der Waals surface area contributed by atoms with Crippen molar-refractivity contribution in [2.24, 2.45) is 0 Å². The lowest BCUT2D eigenvalue weighted by molar-refractivity contribution is 0.170. The van der Waals surface area contributed by atoms with Crippen LogP contribution >= 0.6 is 11.6 Å². The first kappa shape index (κ1) is 27.5. The van der Waals surface area contributed by atoms with Crippen molar-refractivity contribution in [2.75, 3.05) is 38.3 Å². The Morgan fingerprint density at radius 1 is 0.829 bits per heavy atom. The minimum Gasteiger partial charge on any atom is -0.490 e. The van der Waals surface area contributed by atoms with E-state index < -0.39 is 0 Å². The molecule has 0 N–H and O–H groups in total. The summed E-state index contributed by atoms with van der Waals surface area (Å²) in [5.41, 5.74) is 5.62. The SMILES string of the molecule is CCCCn1c(-c2ccccc2)nc(Cl)c1CN(Cc1ccc2c(c1)OCCO2)Cc1ccc2c(c1)N(C)CCO2. The quantitative estimate of drug-likeness (QED) is 0.208. The number of ether oxygens (including phenoxy) is 3. The molecule has 0 bridgehead atoms. The van der Waals surface area contributed by atoms with Crippen LogP contribution in [0, 0.1) is 0 Å². The van der Waals surface area contributed by atoms with Crippen LogP contribution < -0.4 is 19.1 Å². The maximum absolute atomic E-state index is 6.92. The maximum atomic E-state index is 6.92. The van der Waals surface area contributed by atoms with Gasteiger partial charge in [0, 0.05) is 38.8 Å². The van der Waals surface area contributed by atoms with E-state index in [2.05, 4.69) is 70.8 Å². The molecule has 0 saturated carbocycles. The summed E-state index contributed by atoms with van der Waals surface area (Å²) in [6.45, 7) is 7.94. The van der Waals surface area contributed by atoms with Gasteiger partial charge in [0.1, 0.15) is 31.4 Å². The Hall–Kier alpha value is -3.68. The third-order valence-electron chi connectivity index (χ3n) is 7.70. The summed E-state index contributed by atoms with van der Waals surface area (Å²) in [5, 5.41) is 0.561. The molecule has 0 fully saturated rings. The molecule has 2 aliphatic heterocycles. The third kappa shape index (κ3) is 6.16. The molecule has 1 aromatic heterocycles. The van der Waals surface area contributed by atoms with Gasteiger partial charge in [0.25, 0.3) is 0 Å². The Morgan fingerprint density at radius 2 is 1.54 bits per heavy atom. The number of benzene rings is 3. The summed E-state index contributed by atoms with van der Waals surface area (Å²) >= 11 is 6.92. The zero-order chi connectivity index (χ0) is 28.2. The van der Waals surface area contributed by atoms with Gasteiger partial charge in [0.2, 0.25) is 0 Å². The predicted octanol–water partition coefficient (Wildman–Crippen LogP) is 6.81.